The third kappa shape index (κ3) is 6.06. The molecule has 1 aromatic heterocycles. The van der Waals surface area contributed by atoms with Crippen molar-refractivity contribution in [2.75, 3.05) is 24.6 Å². The number of hydrogen-bond acceptors (Lipinski definition) is 5. The molecule has 0 aliphatic carbocycles. The third-order valence-corrected chi connectivity index (χ3v) is 5.70. The second-order valence-electron chi connectivity index (χ2n) is 8.24. The van der Waals surface area contributed by atoms with E-state index in [0.29, 0.717) is 31.1 Å². The van der Waals surface area contributed by atoms with Gasteiger partial charge in [0.2, 0.25) is 5.91 Å². The van der Waals surface area contributed by atoms with Gasteiger partial charge in [-0.15, -0.1) is 0 Å². The van der Waals surface area contributed by atoms with Gasteiger partial charge in [-0.05, 0) is 55.2 Å². The summed E-state index contributed by atoms with van der Waals surface area (Å²) in [5.41, 5.74) is 1.67. The Bertz CT molecular complexity index is 1070. The fraction of sp³-hybridized carbons (Fsp3) is 0.346. The summed E-state index contributed by atoms with van der Waals surface area (Å²) in [5.74, 6) is 1.69. The summed E-state index contributed by atoms with van der Waals surface area (Å²) in [7, 11) is 0. The number of halogens is 1. The largest absolute Gasteiger partial charge is 0.494 e. The van der Waals surface area contributed by atoms with E-state index in [9.17, 15) is 9.18 Å². The lowest BCUT2D eigenvalue weighted by Gasteiger charge is -2.33. The summed E-state index contributed by atoms with van der Waals surface area (Å²) < 4.78 is 19.2. The Hall–Kier alpha value is -3.48. The molecule has 1 N–H and O–H groups in total. The minimum atomic E-state index is -0.320. The molecule has 0 spiro atoms. The van der Waals surface area contributed by atoms with Crippen LogP contribution in [0.25, 0.3) is 11.4 Å². The number of carbonyl (C=O) groups excluding carboxylic acids is 1. The van der Waals surface area contributed by atoms with Gasteiger partial charge in [0.25, 0.3) is 0 Å². The maximum absolute atomic E-state index is 13.6. The molecule has 1 atom stereocenters. The molecule has 0 saturated carbocycles. The van der Waals surface area contributed by atoms with Crippen LogP contribution in [-0.4, -0.2) is 35.6 Å². The molecule has 1 aliphatic heterocycles. The van der Waals surface area contributed by atoms with Crippen molar-refractivity contribution < 1.29 is 13.9 Å². The van der Waals surface area contributed by atoms with Crippen molar-refractivity contribution in [3.63, 3.8) is 0 Å². The molecule has 2 heterocycles. The molecule has 1 fully saturated rings. The van der Waals surface area contributed by atoms with Crippen molar-refractivity contribution in [3.05, 3.63) is 72.2 Å². The van der Waals surface area contributed by atoms with Crippen LogP contribution in [0.4, 0.5) is 10.2 Å². The summed E-state index contributed by atoms with van der Waals surface area (Å²) >= 11 is 0. The van der Waals surface area contributed by atoms with Gasteiger partial charge >= 0.3 is 0 Å². The van der Waals surface area contributed by atoms with Gasteiger partial charge in [-0.3, -0.25) is 4.79 Å². The van der Waals surface area contributed by atoms with Gasteiger partial charge in [0, 0.05) is 31.4 Å². The maximum atomic E-state index is 13.6. The van der Waals surface area contributed by atoms with Crippen LogP contribution in [0.2, 0.25) is 0 Å². The number of piperidine rings is 1. The topological polar surface area (TPSA) is 67.3 Å². The number of aromatic nitrogens is 2. The highest BCUT2D eigenvalue weighted by molar-refractivity contribution is 5.79. The van der Waals surface area contributed by atoms with Crippen molar-refractivity contribution in [1.29, 1.82) is 0 Å². The van der Waals surface area contributed by atoms with Gasteiger partial charge < -0.3 is 15.0 Å². The Kier molecular flexibility index (Phi) is 7.50. The Labute approximate surface area is 193 Å². The average Bonchev–Trinajstić information content (AvgIpc) is 2.87. The highest BCUT2D eigenvalue weighted by Crippen LogP contribution is 2.24. The molecular weight excluding hydrogens is 419 g/mol. The fourth-order valence-electron chi connectivity index (χ4n) is 3.95. The maximum Gasteiger partial charge on any atom is 0.225 e. The van der Waals surface area contributed by atoms with Crippen LogP contribution < -0.4 is 15.0 Å². The van der Waals surface area contributed by atoms with Crippen LogP contribution >= 0.6 is 0 Å². The van der Waals surface area contributed by atoms with E-state index >= 15 is 0 Å². The zero-order valence-electron chi connectivity index (χ0n) is 18.8. The van der Waals surface area contributed by atoms with Crippen LogP contribution in [0.1, 0.15) is 31.7 Å². The highest BCUT2D eigenvalue weighted by atomic mass is 19.1. The molecule has 1 saturated heterocycles. The van der Waals surface area contributed by atoms with Crippen LogP contribution in [0.3, 0.4) is 0 Å². The number of ether oxygens (including phenoxy) is 1. The molecule has 1 amide bonds. The monoisotopic (exact) mass is 448 g/mol. The zero-order chi connectivity index (χ0) is 23.0. The van der Waals surface area contributed by atoms with E-state index in [2.05, 4.69) is 27.1 Å². The van der Waals surface area contributed by atoms with E-state index < -0.39 is 0 Å². The van der Waals surface area contributed by atoms with Gasteiger partial charge in [-0.2, -0.15) is 0 Å². The predicted octanol–water partition coefficient (Wildman–Crippen LogP) is 4.60. The van der Waals surface area contributed by atoms with Crippen molar-refractivity contribution in [1.82, 2.24) is 15.3 Å². The summed E-state index contributed by atoms with van der Waals surface area (Å²) in [6.45, 7) is 4.67. The molecule has 1 aliphatic rings. The van der Waals surface area contributed by atoms with Crippen molar-refractivity contribution in [2.24, 2.45) is 5.92 Å². The number of amides is 1. The van der Waals surface area contributed by atoms with E-state index in [-0.39, 0.29) is 17.6 Å². The smallest absolute Gasteiger partial charge is 0.225 e. The first-order chi connectivity index (χ1) is 16.1. The van der Waals surface area contributed by atoms with E-state index in [1.807, 2.05) is 30.3 Å². The minimum Gasteiger partial charge on any atom is -0.494 e. The van der Waals surface area contributed by atoms with Gasteiger partial charge in [0.1, 0.15) is 17.4 Å². The van der Waals surface area contributed by atoms with Crippen LogP contribution in [0.5, 0.6) is 5.75 Å². The van der Waals surface area contributed by atoms with Crippen LogP contribution in [0, 0.1) is 11.7 Å². The molecule has 7 heteroatoms. The summed E-state index contributed by atoms with van der Waals surface area (Å²) in [6, 6.07) is 15.9. The molecular formula is C26H29FN4O2. The van der Waals surface area contributed by atoms with Crippen molar-refractivity contribution in [2.45, 2.75) is 32.7 Å². The number of nitrogens with one attached hydrogen (secondary N) is 1. The molecule has 33 heavy (non-hydrogen) atoms. The molecule has 0 radical (unpaired) electrons. The molecule has 172 valence electrons. The van der Waals surface area contributed by atoms with E-state index in [1.54, 1.807) is 18.3 Å². The minimum absolute atomic E-state index is 0.0467. The lowest BCUT2D eigenvalue weighted by Crippen LogP contribution is -2.43. The van der Waals surface area contributed by atoms with Gasteiger partial charge in [-0.1, -0.05) is 31.2 Å². The van der Waals surface area contributed by atoms with Gasteiger partial charge in [0.05, 0.1) is 12.5 Å². The molecule has 3 aromatic rings. The Morgan fingerprint density at radius 2 is 2.06 bits per heavy atom. The van der Waals surface area contributed by atoms with E-state index in [0.717, 1.165) is 42.9 Å². The highest BCUT2D eigenvalue weighted by Gasteiger charge is 2.26. The van der Waals surface area contributed by atoms with Crippen LogP contribution in [0.15, 0.2) is 60.8 Å². The number of rotatable bonds is 8. The number of anilines is 1. The number of hydrogen-bond donors (Lipinski definition) is 1. The summed E-state index contributed by atoms with van der Waals surface area (Å²) in [4.78, 5) is 23.9. The first-order valence-electron chi connectivity index (χ1n) is 11.5. The second kappa shape index (κ2) is 10.9. The quantitative estimate of drug-likeness (QED) is 0.545. The first-order valence-corrected chi connectivity index (χ1v) is 11.5. The molecule has 2 aromatic carbocycles. The Balaban J connectivity index is 1.35. The Morgan fingerprint density at radius 1 is 1.21 bits per heavy atom. The molecule has 6 nitrogen and oxygen atoms in total. The second-order valence-corrected chi connectivity index (χ2v) is 8.24. The number of nitrogens with zero attached hydrogens (tertiary/aromatic N) is 3. The van der Waals surface area contributed by atoms with E-state index in [1.165, 1.54) is 12.1 Å². The lowest BCUT2D eigenvalue weighted by molar-refractivity contribution is -0.125. The fourth-order valence-corrected chi connectivity index (χ4v) is 3.95. The summed E-state index contributed by atoms with van der Waals surface area (Å²) in [6.07, 6.45) is 4.40. The lowest BCUT2D eigenvalue weighted by atomic mass is 9.97. The molecule has 4 rings (SSSR count). The molecule has 0 unspecified atom stereocenters. The predicted molar refractivity (Wildman–Crippen MR) is 126 cm³/mol. The normalized spacial score (nSPS) is 15.8. The van der Waals surface area contributed by atoms with Gasteiger partial charge in [-0.25, -0.2) is 14.4 Å². The SMILES string of the molecule is CCCOc1ccc(CNC(=O)[C@H]2CCCN(c3ccnc(-c4cccc(F)c4)n3)C2)cc1. The molecule has 0 bridgehead atoms. The van der Waals surface area contributed by atoms with Crippen LogP contribution in [-0.2, 0) is 11.3 Å². The number of carbonyl (C=O) groups is 1. The first kappa shape index (κ1) is 22.7. The van der Waals surface area contributed by atoms with Crippen molar-refractivity contribution >= 4 is 11.7 Å². The van der Waals surface area contributed by atoms with Crippen molar-refractivity contribution in [3.8, 4) is 17.1 Å². The zero-order valence-corrected chi connectivity index (χ0v) is 18.8. The average molecular weight is 449 g/mol. The van der Waals surface area contributed by atoms with Gasteiger partial charge in [0.15, 0.2) is 5.82 Å². The summed E-state index contributed by atoms with van der Waals surface area (Å²) in [5, 5.41) is 3.07. The van der Waals surface area contributed by atoms with E-state index in [4.69, 9.17) is 4.74 Å². The number of benzene rings is 2. The Morgan fingerprint density at radius 3 is 2.85 bits per heavy atom. The third-order valence-electron chi connectivity index (χ3n) is 5.70. The standard InChI is InChI=1S/C26H29FN4O2/c1-2-15-33-23-10-8-19(9-11-23)17-29-26(32)21-6-4-14-31(18-21)24-12-13-28-25(30-24)20-5-3-7-22(27)16-20/h3,5,7-13,16,21H,2,4,6,14-15,17-18H2,1H3,(H,29,32)/t21-/m0/s1.